The Bertz CT molecular complexity index is 289. The lowest BCUT2D eigenvalue weighted by atomic mass is 9.94. The molecule has 0 spiro atoms. The van der Waals surface area contributed by atoms with E-state index in [1.807, 2.05) is 26.3 Å². The van der Waals surface area contributed by atoms with Gasteiger partial charge in [-0.25, -0.2) is 9.59 Å². The molecule has 0 radical (unpaired) electrons. The van der Waals surface area contributed by atoms with E-state index in [1.165, 1.54) is 0 Å². The van der Waals surface area contributed by atoms with Crippen molar-refractivity contribution in [3.63, 3.8) is 0 Å². The van der Waals surface area contributed by atoms with Crippen molar-refractivity contribution < 1.29 is 19.2 Å². The van der Waals surface area contributed by atoms with Gasteiger partial charge in [-0.3, -0.25) is 0 Å². The number of carbonyl (C=O) groups is 2. The van der Waals surface area contributed by atoms with Crippen LogP contribution in [-0.4, -0.2) is 18.7 Å². The molecule has 0 rings (SSSR count). The zero-order valence-corrected chi connectivity index (χ0v) is 10.4. The van der Waals surface area contributed by atoms with Gasteiger partial charge in [0.25, 0.3) is 0 Å². The fraction of sp³-hybridized carbons (Fsp3) is 0.636. The molecule has 0 bridgehead atoms. The van der Waals surface area contributed by atoms with E-state index in [0.717, 1.165) is 0 Å². The Morgan fingerprint density at radius 2 is 1.88 bits per heavy atom. The highest BCUT2D eigenvalue weighted by molar-refractivity contribution is 5.88. The zero-order chi connectivity index (χ0) is 12.8. The van der Waals surface area contributed by atoms with E-state index < -0.39 is 12.1 Å². The summed E-state index contributed by atoms with van der Waals surface area (Å²) in [4.78, 5) is 26.7. The Morgan fingerprint density at radius 3 is 2.31 bits per heavy atom. The van der Waals surface area contributed by atoms with Crippen LogP contribution in [0.15, 0.2) is 11.6 Å². The molecular formula is C11H19NO4. The van der Waals surface area contributed by atoms with E-state index in [2.05, 4.69) is 9.57 Å². The smallest absolute Gasteiger partial charge is 0.440 e. The van der Waals surface area contributed by atoms with Crippen LogP contribution < -0.4 is 5.48 Å². The first-order valence-electron chi connectivity index (χ1n) is 5.09. The fourth-order valence-electron chi connectivity index (χ4n) is 1.04. The molecule has 5 nitrogen and oxygen atoms in total. The first kappa shape index (κ1) is 14.5. The monoisotopic (exact) mass is 229 g/mol. The second-order valence-corrected chi connectivity index (χ2v) is 4.41. The largest absolute Gasteiger partial charge is 0.448 e. The highest BCUT2D eigenvalue weighted by Gasteiger charge is 2.13. The number of carbonyl (C=O) groups excluding carboxylic acids is 2. The molecule has 0 aromatic carbocycles. The molecule has 0 aliphatic rings. The minimum absolute atomic E-state index is 0.118. The number of nitrogens with one attached hydrogen (secondary N) is 1. The number of amides is 1. The molecule has 92 valence electrons. The van der Waals surface area contributed by atoms with Crippen LogP contribution in [0.1, 0.15) is 34.6 Å². The van der Waals surface area contributed by atoms with Crippen LogP contribution >= 0.6 is 0 Å². The van der Waals surface area contributed by atoms with E-state index in [9.17, 15) is 9.59 Å². The van der Waals surface area contributed by atoms with Crippen LogP contribution in [0.2, 0.25) is 0 Å². The first-order valence-corrected chi connectivity index (χ1v) is 5.09. The van der Waals surface area contributed by atoms with Crippen LogP contribution in [0.25, 0.3) is 0 Å². The second-order valence-electron chi connectivity index (χ2n) is 4.41. The fourth-order valence-corrected chi connectivity index (χ4v) is 1.04. The third-order valence-corrected chi connectivity index (χ3v) is 1.47. The summed E-state index contributed by atoms with van der Waals surface area (Å²) in [5.74, 6) is -0.594. The predicted octanol–water partition coefficient (Wildman–Crippen LogP) is 2.18. The third-order valence-electron chi connectivity index (χ3n) is 1.47. The summed E-state index contributed by atoms with van der Waals surface area (Å²) in [6.45, 7) is 9.39. The van der Waals surface area contributed by atoms with E-state index in [1.54, 1.807) is 19.9 Å². The molecule has 0 unspecified atom stereocenters. The van der Waals surface area contributed by atoms with Gasteiger partial charge < -0.3 is 9.57 Å². The summed E-state index contributed by atoms with van der Waals surface area (Å²) in [7, 11) is 0. The normalized spacial score (nSPS) is 11.9. The number of allylic oxidation sites excluding steroid dienone is 1. The van der Waals surface area contributed by atoms with Crippen molar-refractivity contribution in [2.24, 2.45) is 5.41 Å². The molecule has 0 aromatic heterocycles. The summed E-state index contributed by atoms with van der Waals surface area (Å²) < 4.78 is 4.53. The second kappa shape index (κ2) is 6.15. The van der Waals surface area contributed by atoms with Crippen LogP contribution in [0, 0.1) is 5.41 Å². The molecule has 0 saturated carbocycles. The molecule has 0 aliphatic carbocycles. The van der Waals surface area contributed by atoms with Gasteiger partial charge in [-0.05, 0) is 19.3 Å². The Kier molecular flexibility index (Phi) is 5.56. The van der Waals surface area contributed by atoms with Gasteiger partial charge in [-0.1, -0.05) is 26.8 Å². The maximum Gasteiger partial charge on any atom is 0.440 e. The topological polar surface area (TPSA) is 64.6 Å². The van der Waals surface area contributed by atoms with Crippen molar-refractivity contribution in [3.05, 3.63) is 11.6 Å². The molecule has 5 heteroatoms. The van der Waals surface area contributed by atoms with Crippen LogP contribution in [0.4, 0.5) is 4.79 Å². The van der Waals surface area contributed by atoms with Gasteiger partial charge in [0.2, 0.25) is 0 Å². The molecule has 16 heavy (non-hydrogen) atoms. The number of hydrogen-bond donors (Lipinski definition) is 1. The third kappa shape index (κ3) is 6.86. The van der Waals surface area contributed by atoms with Gasteiger partial charge >= 0.3 is 12.1 Å². The lowest BCUT2D eigenvalue weighted by Gasteiger charge is -2.13. The van der Waals surface area contributed by atoms with Crippen molar-refractivity contribution in [1.82, 2.24) is 5.48 Å². The summed E-state index contributed by atoms with van der Waals surface area (Å²) >= 11 is 0. The summed E-state index contributed by atoms with van der Waals surface area (Å²) in [6.07, 6.45) is 0.988. The average Bonchev–Trinajstić information content (AvgIpc) is 2.11. The molecule has 1 amide bonds. The van der Waals surface area contributed by atoms with Gasteiger partial charge in [0.05, 0.1) is 6.61 Å². The SMILES string of the molecule is CCOC(=O)NOC(=O)C(C)=CC(C)(C)C. The molecule has 0 atom stereocenters. The van der Waals surface area contributed by atoms with Gasteiger partial charge in [-0.2, -0.15) is 0 Å². The van der Waals surface area contributed by atoms with Crippen molar-refractivity contribution in [2.75, 3.05) is 6.61 Å². The Hall–Kier alpha value is -1.52. The lowest BCUT2D eigenvalue weighted by molar-refractivity contribution is -0.145. The van der Waals surface area contributed by atoms with E-state index >= 15 is 0 Å². The summed E-state index contributed by atoms with van der Waals surface area (Å²) in [5, 5.41) is 0. The van der Waals surface area contributed by atoms with Crippen LogP contribution in [0.3, 0.4) is 0 Å². The molecule has 0 aliphatic heterocycles. The predicted molar refractivity (Wildman–Crippen MR) is 59.5 cm³/mol. The number of hydroxylamine groups is 1. The maximum absolute atomic E-state index is 11.4. The molecule has 1 N–H and O–H groups in total. The Balaban J connectivity index is 4.17. The van der Waals surface area contributed by atoms with E-state index in [-0.39, 0.29) is 12.0 Å². The van der Waals surface area contributed by atoms with Crippen molar-refractivity contribution >= 4 is 12.1 Å². The highest BCUT2D eigenvalue weighted by atomic mass is 16.7. The van der Waals surface area contributed by atoms with Crippen molar-refractivity contribution in [2.45, 2.75) is 34.6 Å². The summed E-state index contributed by atoms with van der Waals surface area (Å²) in [6, 6.07) is 0. The zero-order valence-electron chi connectivity index (χ0n) is 10.4. The number of ether oxygens (including phenoxy) is 1. The van der Waals surface area contributed by atoms with E-state index in [4.69, 9.17) is 0 Å². The molecule has 0 aromatic rings. The maximum atomic E-state index is 11.4. The minimum Gasteiger partial charge on any atom is -0.448 e. The highest BCUT2D eigenvalue weighted by Crippen LogP contribution is 2.17. The van der Waals surface area contributed by atoms with Gasteiger partial charge in [-0.15, -0.1) is 5.48 Å². The lowest BCUT2D eigenvalue weighted by Crippen LogP contribution is -2.28. The number of rotatable bonds is 2. The van der Waals surface area contributed by atoms with Crippen LogP contribution in [0.5, 0.6) is 0 Å². The van der Waals surface area contributed by atoms with Crippen LogP contribution in [-0.2, 0) is 14.4 Å². The molecular weight excluding hydrogens is 210 g/mol. The van der Waals surface area contributed by atoms with Crippen molar-refractivity contribution in [1.29, 1.82) is 0 Å². The molecule has 0 saturated heterocycles. The van der Waals surface area contributed by atoms with Gasteiger partial charge in [0.15, 0.2) is 0 Å². The van der Waals surface area contributed by atoms with E-state index in [0.29, 0.717) is 5.57 Å². The Morgan fingerprint density at radius 1 is 1.31 bits per heavy atom. The van der Waals surface area contributed by atoms with Crippen molar-refractivity contribution in [3.8, 4) is 0 Å². The standard InChI is InChI=1S/C11H19NO4/c1-6-15-10(14)12-16-9(13)8(2)7-11(3,4)5/h7H,6H2,1-5H3,(H,12,14). The minimum atomic E-state index is -0.778. The average molecular weight is 229 g/mol. The molecule has 0 heterocycles. The number of hydrogen-bond acceptors (Lipinski definition) is 4. The quantitative estimate of drug-likeness (QED) is 0.582. The van der Waals surface area contributed by atoms with Gasteiger partial charge in [0, 0.05) is 5.57 Å². The first-order chi connectivity index (χ1) is 7.26. The molecule has 0 fully saturated rings. The van der Waals surface area contributed by atoms with Gasteiger partial charge in [0.1, 0.15) is 0 Å². The Labute approximate surface area is 95.8 Å². The summed E-state index contributed by atoms with van der Waals surface area (Å²) in [5.41, 5.74) is 2.21.